The van der Waals surface area contributed by atoms with E-state index in [4.69, 9.17) is 12.1 Å². The molecule has 0 amide bonds. The Hall–Kier alpha value is -0.506. The average molecular weight is 189 g/mol. The van der Waals surface area contributed by atoms with Crippen molar-refractivity contribution in [2.75, 3.05) is 0 Å². The Kier molecular flexibility index (Phi) is 5.93. The van der Waals surface area contributed by atoms with Crippen LogP contribution in [0.2, 0.25) is 0 Å². The van der Waals surface area contributed by atoms with Crippen molar-refractivity contribution in [1.82, 2.24) is 0 Å². The van der Waals surface area contributed by atoms with E-state index in [2.05, 4.69) is 0 Å². The quantitative estimate of drug-likeness (QED) is 0.599. The summed E-state index contributed by atoms with van der Waals surface area (Å²) in [5.74, 6) is 0.368. The van der Waals surface area contributed by atoms with Gasteiger partial charge in [0.1, 0.15) is 5.75 Å². The van der Waals surface area contributed by atoms with Crippen molar-refractivity contribution < 1.29 is 31.6 Å². The fourth-order valence-electron chi connectivity index (χ4n) is 0.563. The van der Waals surface area contributed by atoms with Crippen molar-refractivity contribution in [3.63, 3.8) is 0 Å². The molecule has 0 fully saturated rings. The molecule has 2 N–H and O–H groups in total. The van der Waals surface area contributed by atoms with E-state index < -0.39 is 19.5 Å². The van der Waals surface area contributed by atoms with Gasteiger partial charge in [0.15, 0.2) is 0 Å². The fraction of sp³-hybridized carbons (Fsp3) is 0.143. The molecule has 0 heterocycles. The number of phenolic OH excluding ortho intramolecular Hbond substituents is 1. The molecule has 0 unspecified atom stereocenters. The minimum atomic E-state index is -1.75. The molecule has 11 heavy (non-hydrogen) atoms. The van der Waals surface area contributed by atoms with Gasteiger partial charge in [0.25, 0.3) is 0 Å². The van der Waals surface area contributed by atoms with E-state index in [1.807, 2.05) is 25.1 Å². The molecule has 1 aromatic rings. The third-order valence-corrected chi connectivity index (χ3v) is 1.12. The summed E-state index contributed by atoms with van der Waals surface area (Å²) in [6.45, 7) is 1.87. The van der Waals surface area contributed by atoms with Gasteiger partial charge in [-0.25, -0.2) is 0 Å². The monoisotopic (exact) mass is 189 g/mol. The predicted molar refractivity (Wildman–Crippen MR) is 35.7 cm³/mol. The zero-order chi connectivity index (χ0) is 8.69. The summed E-state index contributed by atoms with van der Waals surface area (Å²) >= 11 is -1.75. The van der Waals surface area contributed by atoms with Crippen LogP contribution in [0.1, 0.15) is 5.56 Å². The Morgan fingerprint density at radius 1 is 1.36 bits per heavy atom. The van der Waals surface area contributed by atoms with E-state index in [-0.39, 0.29) is 0 Å². The molecule has 0 aliphatic carbocycles. The normalized spacial score (nSPS) is 7.45. The van der Waals surface area contributed by atoms with Crippen LogP contribution in [0.5, 0.6) is 5.75 Å². The zero-order valence-electron chi connectivity index (χ0n) is 6.11. The molecular weight excluding hydrogens is 180 g/mol. The van der Waals surface area contributed by atoms with Gasteiger partial charge < -0.3 is 5.11 Å². The first-order valence-electron chi connectivity index (χ1n) is 2.98. The van der Waals surface area contributed by atoms with Crippen LogP contribution in [0.4, 0.5) is 0 Å². The standard InChI is InChI=1S/C7H8O.H2O.O.Ti/c1-6-4-2-3-5-7(6)8;;;/h2-5,8H,1H3;1H2;;/q;;;+1/p-1. The summed E-state index contributed by atoms with van der Waals surface area (Å²) in [7, 11) is 0. The average Bonchev–Trinajstić information content (AvgIpc) is 1.97. The summed E-state index contributed by atoms with van der Waals surface area (Å²) in [4.78, 5) is 0. The SMILES string of the molecule is Cc1ccccc1O.[O]=[Ti][OH]. The van der Waals surface area contributed by atoms with Crippen molar-refractivity contribution in [3.8, 4) is 5.75 Å². The van der Waals surface area contributed by atoms with Gasteiger partial charge in [0.05, 0.1) is 0 Å². The van der Waals surface area contributed by atoms with Crippen molar-refractivity contribution in [2.24, 2.45) is 0 Å². The van der Waals surface area contributed by atoms with Gasteiger partial charge in [-0.1, -0.05) is 18.2 Å². The third kappa shape index (κ3) is 4.84. The molecule has 0 aliphatic rings. The number of aromatic hydroxyl groups is 1. The number of para-hydroxylation sites is 1. The van der Waals surface area contributed by atoms with E-state index in [1.54, 1.807) is 6.07 Å². The van der Waals surface area contributed by atoms with Crippen LogP contribution in [0.3, 0.4) is 0 Å². The first-order chi connectivity index (χ1) is 5.22. The molecule has 0 spiro atoms. The summed E-state index contributed by atoms with van der Waals surface area (Å²) in [6, 6.07) is 7.25. The van der Waals surface area contributed by atoms with Gasteiger partial charge in [-0.2, -0.15) is 0 Å². The second kappa shape index (κ2) is 6.22. The summed E-state index contributed by atoms with van der Waals surface area (Å²) in [5, 5.41) is 8.92. The molecule has 1 rings (SSSR count). The van der Waals surface area contributed by atoms with E-state index in [9.17, 15) is 0 Å². The van der Waals surface area contributed by atoms with Gasteiger partial charge in [-0.05, 0) is 18.6 Å². The molecule has 0 aliphatic heterocycles. The fourth-order valence-corrected chi connectivity index (χ4v) is 0.563. The van der Waals surface area contributed by atoms with Crippen molar-refractivity contribution in [1.29, 1.82) is 0 Å². The number of hydrogen-bond acceptors (Lipinski definition) is 2. The number of phenols is 1. The zero-order valence-corrected chi connectivity index (χ0v) is 7.67. The van der Waals surface area contributed by atoms with Crippen LogP contribution in [0, 0.1) is 6.92 Å². The van der Waals surface area contributed by atoms with Crippen LogP contribution < -0.4 is 0 Å². The number of benzene rings is 1. The molecule has 59 valence electrons. The number of rotatable bonds is 0. The Labute approximate surface area is 74.4 Å². The molecule has 0 saturated heterocycles. The summed E-state index contributed by atoms with van der Waals surface area (Å²) in [5.41, 5.74) is 0.924. The Morgan fingerprint density at radius 3 is 2.09 bits per heavy atom. The van der Waals surface area contributed by atoms with Crippen molar-refractivity contribution in [2.45, 2.75) is 6.92 Å². The molecular formula is C7H9O3Ti. The maximum absolute atomic E-state index is 8.92. The molecule has 4 heteroatoms. The van der Waals surface area contributed by atoms with Gasteiger partial charge in [-0.3, -0.25) is 0 Å². The topological polar surface area (TPSA) is 57.5 Å². The van der Waals surface area contributed by atoms with Gasteiger partial charge >= 0.3 is 26.5 Å². The van der Waals surface area contributed by atoms with Crippen LogP contribution in [0.15, 0.2) is 24.3 Å². The Balaban J connectivity index is 0.000000292. The number of hydrogen-bond donors (Lipinski definition) is 2. The predicted octanol–water partition coefficient (Wildman–Crippen LogP) is 1.02. The minimum absolute atomic E-state index is 0.368. The molecule has 1 aromatic carbocycles. The van der Waals surface area contributed by atoms with Crippen molar-refractivity contribution >= 4 is 0 Å². The van der Waals surface area contributed by atoms with Gasteiger partial charge in [0.2, 0.25) is 0 Å². The second-order valence-electron chi connectivity index (χ2n) is 1.88. The maximum atomic E-state index is 8.92. The molecule has 3 nitrogen and oxygen atoms in total. The van der Waals surface area contributed by atoms with E-state index in [0.29, 0.717) is 5.75 Å². The van der Waals surface area contributed by atoms with Gasteiger partial charge in [-0.15, -0.1) is 0 Å². The Morgan fingerprint density at radius 2 is 1.82 bits per heavy atom. The van der Waals surface area contributed by atoms with Crippen LogP contribution >= 0.6 is 0 Å². The van der Waals surface area contributed by atoms with E-state index in [1.165, 1.54) is 0 Å². The number of aryl methyl sites for hydroxylation is 1. The molecule has 0 bridgehead atoms. The van der Waals surface area contributed by atoms with Crippen LogP contribution in [0.25, 0.3) is 0 Å². The third-order valence-electron chi connectivity index (χ3n) is 1.12. The van der Waals surface area contributed by atoms with Crippen LogP contribution in [-0.4, -0.2) is 8.79 Å². The molecule has 0 aromatic heterocycles. The van der Waals surface area contributed by atoms with Crippen LogP contribution in [-0.2, 0) is 22.8 Å². The van der Waals surface area contributed by atoms with E-state index in [0.717, 1.165) is 5.56 Å². The second-order valence-corrected chi connectivity index (χ2v) is 2.16. The molecule has 0 radical (unpaired) electrons. The first kappa shape index (κ1) is 10.5. The molecule has 0 saturated carbocycles. The van der Waals surface area contributed by atoms with E-state index >= 15 is 0 Å². The molecule has 0 atom stereocenters. The van der Waals surface area contributed by atoms with Crippen molar-refractivity contribution in [3.05, 3.63) is 29.8 Å². The summed E-state index contributed by atoms with van der Waals surface area (Å²) in [6.07, 6.45) is 0. The Bertz CT molecular complexity index is 204. The summed E-state index contributed by atoms with van der Waals surface area (Å²) < 4.78 is 15.8. The first-order valence-corrected chi connectivity index (χ1v) is 4.31. The van der Waals surface area contributed by atoms with Gasteiger partial charge in [0, 0.05) is 0 Å².